The van der Waals surface area contributed by atoms with Gasteiger partial charge >= 0.3 is 0 Å². The van der Waals surface area contributed by atoms with E-state index in [2.05, 4.69) is 9.71 Å². The number of halogens is 1. The zero-order valence-corrected chi connectivity index (χ0v) is 12.5. The van der Waals surface area contributed by atoms with Crippen LogP contribution in [0.2, 0.25) is 0 Å². The van der Waals surface area contributed by atoms with Gasteiger partial charge in [0.25, 0.3) is 10.0 Å². The van der Waals surface area contributed by atoms with Crippen molar-refractivity contribution in [1.82, 2.24) is 4.98 Å². The summed E-state index contributed by atoms with van der Waals surface area (Å²) >= 11 is 0. The first-order valence-corrected chi connectivity index (χ1v) is 7.76. The Kier molecular flexibility index (Phi) is 4.24. The van der Waals surface area contributed by atoms with Crippen LogP contribution >= 0.6 is 0 Å². The summed E-state index contributed by atoms with van der Waals surface area (Å²) in [5, 5.41) is 0. The highest BCUT2D eigenvalue weighted by Gasteiger charge is 2.20. The maximum Gasteiger partial charge on any atom is 0.262 e. The third-order valence-corrected chi connectivity index (χ3v) is 4.71. The van der Waals surface area contributed by atoms with E-state index in [1.807, 2.05) is 6.07 Å². The molecule has 0 aliphatic carbocycles. The molecule has 0 saturated carbocycles. The number of anilines is 1. The Balaban J connectivity index is 2.50. The van der Waals surface area contributed by atoms with E-state index in [-0.39, 0.29) is 17.1 Å². The highest BCUT2D eigenvalue weighted by molar-refractivity contribution is 7.92. The predicted molar refractivity (Wildman–Crippen MR) is 78.8 cm³/mol. The molecule has 0 radical (unpaired) electrons. The van der Waals surface area contributed by atoms with Crippen molar-refractivity contribution in [1.29, 1.82) is 0 Å². The van der Waals surface area contributed by atoms with Gasteiger partial charge in [-0.3, -0.25) is 9.71 Å². The first kappa shape index (κ1) is 15.4. The molecule has 0 unspecified atom stereocenters. The Labute approximate surface area is 123 Å². The van der Waals surface area contributed by atoms with Crippen LogP contribution in [0.25, 0.3) is 0 Å². The number of nitrogens with two attached hydrogens (primary N) is 1. The minimum atomic E-state index is -3.89. The average molecular weight is 309 g/mol. The zero-order chi connectivity index (χ0) is 15.6. The van der Waals surface area contributed by atoms with Crippen molar-refractivity contribution >= 4 is 15.7 Å². The number of aromatic nitrogens is 1. The molecule has 2 aromatic rings. The largest absolute Gasteiger partial charge is 0.326 e. The number of sulfonamides is 1. The van der Waals surface area contributed by atoms with Crippen molar-refractivity contribution in [3.63, 3.8) is 0 Å². The highest BCUT2D eigenvalue weighted by atomic mass is 32.2. The molecule has 3 N–H and O–H groups in total. The van der Waals surface area contributed by atoms with Crippen LogP contribution in [0.5, 0.6) is 0 Å². The smallest absolute Gasteiger partial charge is 0.262 e. The van der Waals surface area contributed by atoms with E-state index >= 15 is 0 Å². The number of nitrogens with one attached hydrogen (secondary N) is 1. The topological polar surface area (TPSA) is 85.1 Å². The normalized spacial score (nSPS) is 11.4. The van der Waals surface area contributed by atoms with E-state index in [9.17, 15) is 12.8 Å². The Bertz CT molecular complexity index is 776. The minimum Gasteiger partial charge on any atom is -0.326 e. The average Bonchev–Trinajstić information content (AvgIpc) is 2.43. The lowest BCUT2D eigenvalue weighted by Gasteiger charge is -2.14. The van der Waals surface area contributed by atoms with E-state index in [0.717, 1.165) is 11.8 Å². The molecule has 112 valence electrons. The molecular weight excluding hydrogens is 293 g/mol. The number of hydrogen-bond acceptors (Lipinski definition) is 4. The van der Waals surface area contributed by atoms with Gasteiger partial charge in [-0.05, 0) is 42.7 Å². The third kappa shape index (κ3) is 3.20. The fourth-order valence-electron chi connectivity index (χ4n) is 1.95. The molecule has 0 fully saturated rings. The van der Waals surface area contributed by atoms with E-state index in [0.29, 0.717) is 11.1 Å². The molecule has 1 heterocycles. The summed E-state index contributed by atoms with van der Waals surface area (Å²) in [5.74, 6) is -0.731. The fraction of sp³-hybridized carbons (Fsp3) is 0.214. The Morgan fingerprint density at radius 2 is 2.05 bits per heavy atom. The van der Waals surface area contributed by atoms with Crippen LogP contribution in [-0.2, 0) is 16.6 Å². The lowest BCUT2D eigenvalue weighted by Crippen LogP contribution is -2.16. The second-order valence-electron chi connectivity index (χ2n) is 4.70. The van der Waals surface area contributed by atoms with Gasteiger partial charge in [0.2, 0.25) is 0 Å². The molecule has 0 atom stereocenters. The second kappa shape index (κ2) is 5.79. The number of rotatable bonds is 4. The summed E-state index contributed by atoms with van der Waals surface area (Å²) in [5.41, 5.74) is 7.56. The quantitative estimate of drug-likeness (QED) is 0.905. The van der Waals surface area contributed by atoms with Crippen LogP contribution in [0.3, 0.4) is 0 Å². The van der Waals surface area contributed by atoms with Gasteiger partial charge < -0.3 is 5.73 Å². The molecule has 5 nitrogen and oxygen atoms in total. The second-order valence-corrected chi connectivity index (χ2v) is 6.35. The summed E-state index contributed by atoms with van der Waals surface area (Å²) < 4.78 is 40.7. The van der Waals surface area contributed by atoms with Crippen LogP contribution in [0.15, 0.2) is 35.5 Å². The summed E-state index contributed by atoms with van der Waals surface area (Å²) in [6, 6.07) is 4.60. The molecule has 0 spiro atoms. The molecule has 0 amide bonds. The Morgan fingerprint density at radius 1 is 1.33 bits per heavy atom. The summed E-state index contributed by atoms with van der Waals surface area (Å²) in [4.78, 5) is 3.68. The molecule has 1 aromatic heterocycles. The molecule has 0 aliphatic rings. The fourth-order valence-corrected chi connectivity index (χ4v) is 3.39. The lowest BCUT2D eigenvalue weighted by atomic mass is 10.1. The zero-order valence-electron chi connectivity index (χ0n) is 11.7. The van der Waals surface area contributed by atoms with Crippen LogP contribution in [-0.4, -0.2) is 13.4 Å². The maximum absolute atomic E-state index is 13.6. The summed E-state index contributed by atoms with van der Waals surface area (Å²) in [6.45, 7) is 3.74. The molecule has 0 aliphatic heterocycles. The third-order valence-electron chi connectivity index (χ3n) is 3.22. The molecule has 0 bridgehead atoms. The summed E-state index contributed by atoms with van der Waals surface area (Å²) in [7, 11) is -3.89. The van der Waals surface area contributed by atoms with E-state index in [1.54, 1.807) is 13.8 Å². The van der Waals surface area contributed by atoms with Gasteiger partial charge in [0.05, 0.1) is 16.8 Å². The standard InChI is InChI=1S/C14H16FN3O2S/c1-9-5-11(7-16)6-14(10(9)2)21(19,20)18-13-3-4-17-8-12(13)15/h3-6,8H,7,16H2,1-2H3,(H,17,18). The predicted octanol–water partition coefficient (Wildman–Crippen LogP) is 2.10. The highest BCUT2D eigenvalue weighted by Crippen LogP contribution is 2.24. The number of benzene rings is 1. The van der Waals surface area contributed by atoms with Crippen LogP contribution in [0, 0.1) is 19.7 Å². The number of hydrogen-bond donors (Lipinski definition) is 2. The van der Waals surface area contributed by atoms with Gasteiger partial charge in [-0.2, -0.15) is 0 Å². The maximum atomic E-state index is 13.6. The first-order valence-electron chi connectivity index (χ1n) is 6.27. The Hall–Kier alpha value is -1.99. The molecule has 21 heavy (non-hydrogen) atoms. The number of nitrogens with zero attached hydrogens (tertiary/aromatic N) is 1. The van der Waals surface area contributed by atoms with E-state index in [1.165, 1.54) is 18.3 Å². The molecule has 7 heteroatoms. The van der Waals surface area contributed by atoms with E-state index in [4.69, 9.17) is 5.73 Å². The molecule has 2 rings (SSSR count). The number of aryl methyl sites for hydroxylation is 1. The van der Waals surface area contributed by atoms with Crippen molar-refractivity contribution < 1.29 is 12.8 Å². The van der Waals surface area contributed by atoms with Crippen LogP contribution < -0.4 is 10.5 Å². The summed E-state index contributed by atoms with van der Waals surface area (Å²) in [6.07, 6.45) is 2.27. The van der Waals surface area contributed by atoms with Gasteiger partial charge in [0.1, 0.15) is 0 Å². The van der Waals surface area contributed by atoms with Gasteiger partial charge in [-0.15, -0.1) is 0 Å². The van der Waals surface area contributed by atoms with Crippen molar-refractivity contribution in [2.75, 3.05) is 4.72 Å². The minimum absolute atomic E-state index is 0.0964. The number of pyridine rings is 1. The van der Waals surface area contributed by atoms with Crippen molar-refractivity contribution in [2.24, 2.45) is 5.73 Å². The van der Waals surface area contributed by atoms with Crippen molar-refractivity contribution in [3.8, 4) is 0 Å². The van der Waals surface area contributed by atoms with Gasteiger partial charge in [-0.1, -0.05) is 6.07 Å². The molecular formula is C14H16FN3O2S. The monoisotopic (exact) mass is 309 g/mol. The first-order chi connectivity index (χ1) is 9.85. The SMILES string of the molecule is Cc1cc(CN)cc(S(=O)(=O)Nc2ccncc2F)c1C. The lowest BCUT2D eigenvalue weighted by molar-refractivity contribution is 0.597. The van der Waals surface area contributed by atoms with Gasteiger partial charge in [0.15, 0.2) is 5.82 Å². The Morgan fingerprint density at radius 3 is 2.67 bits per heavy atom. The molecule has 0 saturated heterocycles. The van der Waals surface area contributed by atoms with E-state index < -0.39 is 15.8 Å². The van der Waals surface area contributed by atoms with Crippen LogP contribution in [0.4, 0.5) is 10.1 Å². The van der Waals surface area contributed by atoms with Gasteiger partial charge in [-0.25, -0.2) is 12.8 Å². The molecule has 1 aromatic carbocycles. The van der Waals surface area contributed by atoms with Crippen molar-refractivity contribution in [3.05, 3.63) is 53.1 Å². The van der Waals surface area contributed by atoms with Crippen LogP contribution in [0.1, 0.15) is 16.7 Å². The van der Waals surface area contributed by atoms with Gasteiger partial charge in [0, 0.05) is 12.7 Å². The van der Waals surface area contributed by atoms with Crippen molar-refractivity contribution in [2.45, 2.75) is 25.3 Å².